The van der Waals surface area contributed by atoms with E-state index in [2.05, 4.69) is 12.6 Å². The molecule has 3 heteroatoms. The molecule has 14 heavy (non-hydrogen) atoms. The first-order valence-electron chi connectivity index (χ1n) is 4.83. The Hall–Kier alpha value is -1.30. The first-order valence-corrected chi connectivity index (χ1v) is 4.83. The zero-order chi connectivity index (χ0) is 10.6. The number of cyclic esters (lactones) is 1. The summed E-state index contributed by atoms with van der Waals surface area (Å²) >= 11 is 0. The van der Waals surface area contributed by atoms with Crippen LogP contribution in [0.25, 0.3) is 0 Å². The number of nitrogens with zero attached hydrogens (tertiary/aromatic N) is 1. The Balaban J connectivity index is 2.51. The molecule has 0 radical (unpaired) electrons. The van der Waals surface area contributed by atoms with E-state index in [1.807, 2.05) is 6.92 Å². The van der Waals surface area contributed by atoms with Crippen molar-refractivity contribution in [3.63, 3.8) is 0 Å². The standard InChI is InChI=1S/C11H15NO2/c1-9(5-3-4-7-12)11(2)6-8-14-10(11)13/h1,3-6,8H2,2H3. The minimum absolute atomic E-state index is 0.167. The topological polar surface area (TPSA) is 50.1 Å². The normalized spacial score (nSPS) is 25.6. The van der Waals surface area contributed by atoms with Crippen molar-refractivity contribution in [2.75, 3.05) is 6.61 Å². The molecule has 0 aliphatic carbocycles. The summed E-state index contributed by atoms with van der Waals surface area (Å²) in [4.78, 5) is 11.4. The molecule has 0 aromatic carbocycles. The summed E-state index contributed by atoms with van der Waals surface area (Å²) in [6, 6.07) is 2.08. The highest BCUT2D eigenvalue weighted by Crippen LogP contribution is 2.38. The van der Waals surface area contributed by atoms with Crippen LogP contribution in [0.1, 0.15) is 32.6 Å². The van der Waals surface area contributed by atoms with E-state index in [9.17, 15) is 4.79 Å². The molecular weight excluding hydrogens is 178 g/mol. The van der Waals surface area contributed by atoms with Gasteiger partial charge in [0, 0.05) is 12.8 Å². The summed E-state index contributed by atoms with van der Waals surface area (Å²) < 4.78 is 4.93. The third-order valence-corrected chi connectivity index (χ3v) is 2.83. The van der Waals surface area contributed by atoms with Gasteiger partial charge in [0.15, 0.2) is 0 Å². The van der Waals surface area contributed by atoms with Crippen molar-refractivity contribution in [3.05, 3.63) is 12.2 Å². The minimum atomic E-state index is -0.505. The van der Waals surface area contributed by atoms with E-state index >= 15 is 0 Å². The lowest BCUT2D eigenvalue weighted by molar-refractivity contribution is -0.144. The molecule has 1 heterocycles. The van der Waals surface area contributed by atoms with Crippen molar-refractivity contribution in [1.82, 2.24) is 0 Å². The van der Waals surface area contributed by atoms with Crippen LogP contribution in [-0.4, -0.2) is 12.6 Å². The van der Waals surface area contributed by atoms with Gasteiger partial charge in [0.05, 0.1) is 18.1 Å². The molecule has 1 aliphatic heterocycles. The lowest BCUT2D eigenvalue weighted by Gasteiger charge is -2.21. The first kappa shape index (κ1) is 10.8. The predicted octanol–water partition coefficient (Wildman–Crippen LogP) is 2.19. The molecule has 0 spiro atoms. The van der Waals surface area contributed by atoms with Gasteiger partial charge in [-0.3, -0.25) is 4.79 Å². The molecule has 3 nitrogen and oxygen atoms in total. The Kier molecular flexibility index (Phi) is 3.29. The van der Waals surface area contributed by atoms with Gasteiger partial charge in [-0.2, -0.15) is 5.26 Å². The summed E-state index contributed by atoms with van der Waals surface area (Å²) in [6.45, 7) is 6.29. The van der Waals surface area contributed by atoms with E-state index in [-0.39, 0.29) is 5.97 Å². The smallest absolute Gasteiger partial charge is 0.316 e. The van der Waals surface area contributed by atoms with Crippen LogP contribution in [0, 0.1) is 16.7 Å². The van der Waals surface area contributed by atoms with Crippen molar-refractivity contribution in [1.29, 1.82) is 5.26 Å². The Morgan fingerprint density at radius 1 is 1.79 bits per heavy atom. The van der Waals surface area contributed by atoms with Crippen LogP contribution in [0.4, 0.5) is 0 Å². The Morgan fingerprint density at radius 3 is 3.00 bits per heavy atom. The van der Waals surface area contributed by atoms with Gasteiger partial charge in [0.25, 0.3) is 0 Å². The van der Waals surface area contributed by atoms with E-state index in [1.54, 1.807) is 0 Å². The number of hydrogen-bond donors (Lipinski definition) is 0. The fourth-order valence-corrected chi connectivity index (χ4v) is 1.59. The van der Waals surface area contributed by atoms with Crippen LogP contribution in [0.15, 0.2) is 12.2 Å². The largest absolute Gasteiger partial charge is 0.465 e. The number of ether oxygens (including phenoxy) is 1. The highest BCUT2D eigenvalue weighted by Gasteiger charge is 2.41. The van der Waals surface area contributed by atoms with Gasteiger partial charge in [-0.25, -0.2) is 0 Å². The number of carbonyl (C=O) groups excluding carboxylic acids is 1. The summed E-state index contributed by atoms with van der Waals surface area (Å²) in [5, 5.41) is 8.39. The van der Waals surface area contributed by atoms with Crippen LogP contribution >= 0.6 is 0 Å². The molecule has 0 saturated carbocycles. The van der Waals surface area contributed by atoms with E-state index in [4.69, 9.17) is 10.00 Å². The monoisotopic (exact) mass is 193 g/mol. The summed E-state index contributed by atoms with van der Waals surface area (Å²) in [6.07, 6.45) is 2.75. The minimum Gasteiger partial charge on any atom is -0.465 e. The molecule has 1 saturated heterocycles. The maximum atomic E-state index is 11.4. The maximum absolute atomic E-state index is 11.4. The molecule has 0 amide bonds. The molecule has 1 fully saturated rings. The van der Waals surface area contributed by atoms with Gasteiger partial charge in [-0.15, -0.1) is 0 Å². The van der Waals surface area contributed by atoms with Crippen molar-refractivity contribution in [2.24, 2.45) is 5.41 Å². The molecular formula is C11H15NO2. The molecule has 0 aromatic heterocycles. The lowest BCUT2D eigenvalue weighted by atomic mass is 9.79. The highest BCUT2D eigenvalue weighted by molar-refractivity contribution is 5.81. The fourth-order valence-electron chi connectivity index (χ4n) is 1.59. The van der Waals surface area contributed by atoms with Crippen molar-refractivity contribution >= 4 is 5.97 Å². The molecule has 76 valence electrons. The number of unbranched alkanes of at least 4 members (excludes halogenated alkanes) is 1. The number of nitriles is 1. The van der Waals surface area contributed by atoms with E-state index < -0.39 is 5.41 Å². The van der Waals surface area contributed by atoms with E-state index in [0.717, 1.165) is 24.8 Å². The fraction of sp³-hybridized carbons (Fsp3) is 0.636. The number of carbonyl (C=O) groups is 1. The quantitative estimate of drug-likeness (QED) is 0.390. The van der Waals surface area contributed by atoms with Gasteiger partial charge in [0.1, 0.15) is 0 Å². The van der Waals surface area contributed by atoms with Gasteiger partial charge in [-0.05, 0) is 19.8 Å². The van der Waals surface area contributed by atoms with Crippen LogP contribution < -0.4 is 0 Å². The van der Waals surface area contributed by atoms with Crippen molar-refractivity contribution in [2.45, 2.75) is 32.6 Å². The summed E-state index contributed by atoms with van der Waals surface area (Å²) in [5.41, 5.74) is 0.394. The Bertz CT molecular complexity index is 290. The SMILES string of the molecule is C=C(CCCC#N)C1(C)CCOC1=O. The molecule has 1 aliphatic rings. The van der Waals surface area contributed by atoms with E-state index in [1.165, 1.54) is 0 Å². The highest BCUT2D eigenvalue weighted by atomic mass is 16.5. The zero-order valence-electron chi connectivity index (χ0n) is 8.51. The Morgan fingerprint density at radius 2 is 2.50 bits per heavy atom. The predicted molar refractivity (Wildman–Crippen MR) is 52.3 cm³/mol. The molecule has 0 aromatic rings. The zero-order valence-corrected chi connectivity index (χ0v) is 8.51. The molecule has 1 rings (SSSR count). The number of hydrogen-bond acceptors (Lipinski definition) is 3. The van der Waals surface area contributed by atoms with Gasteiger partial charge in [-0.1, -0.05) is 12.2 Å². The molecule has 0 bridgehead atoms. The second-order valence-electron chi connectivity index (χ2n) is 3.83. The first-order chi connectivity index (χ1) is 6.61. The van der Waals surface area contributed by atoms with E-state index in [0.29, 0.717) is 13.0 Å². The van der Waals surface area contributed by atoms with Gasteiger partial charge >= 0.3 is 5.97 Å². The van der Waals surface area contributed by atoms with Crippen LogP contribution in [0.3, 0.4) is 0 Å². The van der Waals surface area contributed by atoms with Crippen LogP contribution in [0.2, 0.25) is 0 Å². The van der Waals surface area contributed by atoms with Crippen molar-refractivity contribution < 1.29 is 9.53 Å². The van der Waals surface area contributed by atoms with Crippen LogP contribution in [0.5, 0.6) is 0 Å². The number of esters is 1. The van der Waals surface area contributed by atoms with Crippen molar-refractivity contribution in [3.8, 4) is 6.07 Å². The summed E-state index contributed by atoms with van der Waals surface area (Å²) in [7, 11) is 0. The average molecular weight is 193 g/mol. The molecule has 1 unspecified atom stereocenters. The lowest BCUT2D eigenvalue weighted by Crippen LogP contribution is -2.24. The van der Waals surface area contributed by atoms with Crippen LogP contribution in [-0.2, 0) is 9.53 Å². The maximum Gasteiger partial charge on any atom is 0.316 e. The molecule has 0 N–H and O–H groups in total. The Labute approximate surface area is 84.4 Å². The second kappa shape index (κ2) is 4.28. The third kappa shape index (κ3) is 1.95. The number of rotatable bonds is 4. The van der Waals surface area contributed by atoms with Gasteiger partial charge in [0.2, 0.25) is 0 Å². The van der Waals surface area contributed by atoms with Gasteiger partial charge < -0.3 is 4.74 Å². The second-order valence-corrected chi connectivity index (χ2v) is 3.83. The average Bonchev–Trinajstić information content (AvgIpc) is 2.49. The molecule has 1 atom stereocenters. The third-order valence-electron chi connectivity index (χ3n) is 2.83. The summed E-state index contributed by atoms with van der Waals surface area (Å²) in [5.74, 6) is -0.167.